The van der Waals surface area contributed by atoms with Gasteiger partial charge in [0.25, 0.3) is 0 Å². The largest absolute Gasteiger partial charge is 0.492 e. The van der Waals surface area contributed by atoms with E-state index in [-0.39, 0.29) is 0 Å². The average Bonchev–Trinajstić information content (AvgIpc) is 2.49. The van der Waals surface area contributed by atoms with Gasteiger partial charge in [-0.1, -0.05) is 28.8 Å². The van der Waals surface area contributed by atoms with E-state index in [4.69, 9.17) is 4.74 Å². The number of hydrogen-bond acceptors (Lipinski definition) is 2. The van der Waals surface area contributed by atoms with Crippen molar-refractivity contribution < 1.29 is 4.74 Å². The molecule has 1 saturated heterocycles. The van der Waals surface area contributed by atoms with E-state index >= 15 is 0 Å². The van der Waals surface area contributed by atoms with Crippen molar-refractivity contribution in [3.05, 3.63) is 28.7 Å². The summed E-state index contributed by atoms with van der Waals surface area (Å²) in [6, 6.07) is 8.97. The summed E-state index contributed by atoms with van der Waals surface area (Å²) in [5, 5.41) is 0. The minimum Gasteiger partial charge on any atom is -0.492 e. The standard InChI is InChI=1S/C17H24BrNO/c18-15-7-9-16(10-8-15)20-13-12-19-11-3-5-14-4-1-2-6-17(14)19/h7-10,14,17H,1-6,11-13H2/t14-,17-/m1/s1. The van der Waals surface area contributed by atoms with Crippen LogP contribution in [-0.2, 0) is 0 Å². The summed E-state index contributed by atoms with van der Waals surface area (Å²) < 4.78 is 6.98. The molecule has 0 radical (unpaired) electrons. The molecule has 1 aromatic rings. The summed E-state index contributed by atoms with van der Waals surface area (Å²) in [4.78, 5) is 2.69. The molecule has 0 spiro atoms. The zero-order chi connectivity index (χ0) is 13.8. The lowest BCUT2D eigenvalue weighted by Gasteiger charge is -2.44. The molecule has 2 atom stereocenters. The fourth-order valence-corrected chi connectivity index (χ4v) is 4.08. The second kappa shape index (κ2) is 6.95. The first-order valence-electron chi connectivity index (χ1n) is 7.95. The number of nitrogens with zero attached hydrogens (tertiary/aromatic N) is 1. The third-order valence-electron chi connectivity index (χ3n) is 4.82. The number of fused-ring (bicyclic) bond motifs is 1. The van der Waals surface area contributed by atoms with Crippen LogP contribution in [0.4, 0.5) is 0 Å². The molecule has 1 aliphatic heterocycles. The highest BCUT2D eigenvalue weighted by atomic mass is 79.9. The van der Waals surface area contributed by atoms with Crippen molar-refractivity contribution in [2.75, 3.05) is 19.7 Å². The number of benzene rings is 1. The van der Waals surface area contributed by atoms with Gasteiger partial charge in [0.2, 0.25) is 0 Å². The number of piperidine rings is 1. The normalized spacial score (nSPS) is 27.1. The Morgan fingerprint density at radius 1 is 1.05 bits per heavy atom. The Labute approximate surface area is 130 Å². The molecular formula is C17H24BrNO. The van der Waals surface area contributed by atoms with E-state index in [1.807, 2.05) is 24.3 Å². The van der Waals surface area contributed by atoms with Crippen LogP contribution < -0.4 is 4.74 Å². The molecule has 0 amide bonds. The van der Waals surface area contributed by atoms with Crippen molar-refractivity contribution in [3.8, 4) is 5.75 Å². The first-order chi connectivity index (χ1) is 9.83. The summed E-state index contributed by atoms with van der Waals surface area (Å²) in [6.45, 7) is 3.16. The van der Waals surface area contributed by atoms with Gasteiger partial charge in [-0.2, -0.15) is 0 Å². The van der Waals surface area contributed by atoms with E-state index in [1.165, 1.54) is 45.1 Å². The van der Waals surface area contributed by atoms with E-state index < -0.39 is 0 Å². The Morgan fingerprint density at radius 2 is 1.80 bits per heavy atom. The first kappa shape index (κ1) is 14.4. The molecule has 0 unspecified atom stereocenters. The summed E-state index contributed by atoms with van der Waals surface area (Å²) in [6.07, 6.45) is 8.56. The summed E-state index contributed by atoms with van der Waals surface area (Å²) in [5.74, 6) is 1.94. The van der Waals surface area contributed by atoms with Gasteiger partial charge >= 0.3 is 0 Å². The number of rotatable bonds is 4. The van der Waals surface area contributed by atoms with Crippen LogP contribution >= 0.6 is 15.9 Å². The van der Waals surface area contributed by atoms with Crippen LogP contribution in [0.15, 0.2) is 28.7 Å². The van der Waals surface area contributed by atoms with E-state index in [2.05, 4.69) is 20.8 Å². The Bertz CT molecular complexity index is 418. The van der Waals surface area contributed by atoms with Crippen LogP contribution in [0.2, 0.25) is 0 Å². The van der Waals surface area contributed by atoms with Crippen molar-refractivity contribution >= 4 is 15.9 Å². The van der Waals surface area contributed by atoms with E-state index in [0.717, 1.165) is 35.3 Å². The van der Waals surface area contributed by atoms with Gasteiger partial charge in [-0.25, -0.2) is 0 Å². The van der Waals surface area contributed by atoms with Gasteiger partial charge in [-0.3, -0.25) is 4.90 Å². The van der Waals surface area contributed by atoms with Crippen molar-refractivity contribution in [1.82, 2.24) is 4.90 Å². The first-order valence-corrected chi connectivity index (χ1v) is 8.74. The summed E-state index contributed by atoms with van der Waals surface area (Å²) >= 11 is 3.45. The minimum absolute atomic E-state index is 0.810. The third kappa shape index (κ3) is 3.56. The molecule has 0 aromatic heterocycles. The zero-order valence-corrected chi connectivity index (χ0v) is 13.6. The highest BCUT2D eigenvalue weighted by molar-refractivity contribution is 9.10. The molecule has 3 heteroatoms. The fraction of sp³-hybridized carbons (Fsp3) is 0.647. The van der Waals surface area contributed by atoms with Crippen LogP contribution in [-0.4, -0.2) is 30.6 Å². The predicted molar refractivity (Wildman–Crippen MR) is 86.2 cm³/mol. The van der Waals surface area contributed by atoms with Gasteiger partial charge in [0.1, 0.15) is 12.4 Å². The molecule has 0 bridgehead atoms. The monoisotopic (exact) mass is 337 g/mol. The number of hydrogen-bond donors (Lipinski definition) is 0. The Morgan fingerprint density at radius 3 is 2.65 bits per heavy atom. The maximum Gasteiger partial charge on any atom is 0.119 e. The third-order valence-corrected chi connectivity index (χ3v) is 5.35. The van der Waals surface area contributed by atoms with Crippen molar-refractivity contribution in [1.29, 1.82) is 0 Å². The maximum absolute atomic E-state index is 5.88. The summed E-state index contributed by atoms with van der Waals surface area (Å²) in [7, 11) is 0. The van der Waals surface area contributed by atoms with Crippen molar-refractivity contribution in [3.63, 3.8) is 0 Å². The molecule has 2 fully saturated rings. The van der Waals surface area contributed by atoms with Gasteiger partial charge in [-0.15, -0.1) is 0 Å². The smallest absolute Gasteiger partial charge is 0.119 e. The number of likely N-dealkylation sites (tertiary alicyclic amines) is 1. The Kier molecular flexibility index (Phi) is 5.00. The highest BCUT2D eigenvalue weighted by Gasteiger charge is 2.32. The molecule has 3 rings (SSSR count). The molecule has 1 saturated carbocycles. The molecule has 2 nitrogen and oxygen atoms in total. The van der Waals surface area contributed by atoms with Gasteiger partial charge in [-0.05, 0) is 62.4 Å². The molecule has 20 heavy (non-hydrogen) atoms. The highest BCUT2D eigenvalue weighted by Crippen LogP contribution is 2.34. The van der Waals surface area contributed by atoms with E-state index in [0.29, 0.717) is 0 Å². The number of ether oxygens (including phenoxy) is 1. The fourth-order valence-electron chi connectivity index (χ4n) is 3.82. The molecule has 110 valence electrons. The SMILES string of the molecule is Brc1ccc(OCCN2CCC[C@H]3CCCC[C@H]32)cc1. The lowest BCUT2D eigenvalue weighted by atomic mass is 9.78. The van der Waals surface area contributed by atoms with Crippen LogP contribution in [0.3, 0.4) is 0 Å². The second-order valence-corrected chi connectivity index (χ2v) is 7.01. The Hall–Kier alpha value is -0.540. The van der Waals surface area contributed by atoms with Crippen molar-refractivity contribution in [2.45, 2.75) is 44.6 Å². The van der Waals surface area contributed by atoms with Gasteiger partial charge in [0.05, 0.1) is 0 Å². The molecule has 2 aliphatic rings. The Balaban J connectivity index is 1.48. The van der Waals surface area contributed by atoms with Crippen LogP contribution in [0, 0.1) is 5.92 Å². The molecule has 1 aliphatic carbocycles. The lowest BCUT2D eigenvalue weighted by Crippen LogP contribution is -2.48. The minimum atomic E-state index is 0.810. The molecule has 1 aromatic carbocycles. The lowest BCUT2D eigenvalue weighted by molar-refractivity contribution is 0.0501. The predicted octanol–water partition coefficient (Wildman–Crippen LogP) is 4.48. The second-order valence-electron chi connectivity index (χ2n) is 6.09. The average molecular weight is 338 g/mol. The van der Waals surface area contributed by atoms with E-state index in [1.54, 1.807) is 0 Å². The van der Waals surface area contributed by atoms with Gasteiger partial charge in [0.15, 0.2) is 0 Å². The molecule has 0 N–H and O–H groups in total. The van der Waals surface area contributed by atoms with Crippen LogP contribution in [0.1, 0.15) is 38.5 Å². The molecule has 1 heterocycles. The topological polar surface area (TPSA) is 12.5 Å². The number of halogens is 1. The quantitative estimate of drug-likeness (QED) is 0.802. The molecular weight excluding hydrogens is 314 g/mol. The van der Waals surface area contributed by atoms with Crippen molar-refractivity contribution in [2.24, 2.45) is 5.92 Å². The van der Waals surface area contributed by atoms with Crippen LogP contribution in [0.25, 0.3) is 0 Å². The van der Waals surface area contributed by atoms with Crippen LogP contribution in [0.5, 0.6) is 5.75 Å². The van der Waals surface area contributed by atoms with Gasteiger partial charge in [0, 0.05) is 17.1 Å². The summed E-state index contributed by atoms with van der Waals surface area (Å²) in [5.41, 5.74) is 0. The maximum atomic E-state index is 5.88. The van der Waals surface area contributed by atoms with E-state index in [9.17, 15) is 0 Å². The van der Waals surface area contributed by atoms with Gasteiger partial charge < -0.3 is 4.74 Å². The zero-order valence-electron chi connectivity index (χ0n) is 12.1.